The number of nitrogens with one attached hydrogen (secondary N) is 1. The van der Waals surface area contributed by atoms with Crippen molar-refractivity contribution in [2.45, 2.75) is 18.9 Å². The van der Waals surface area contributed by atoms with Crippen molar-refractivity contribution in [3.63, 3.8) is 0 Å². The normalized spacial score (nSPS) is 22.3. The average Bonchev–Trinajstić information content (AvgIpc) is 2.54. The third-order valence-electron chi connectivity index (χ3n) is 2.38. The highest BCUT2D eigenvalue weighted by Gasteiger charge is 2.27. The van der Waals surface area contributed by atoms with Crippen LogP contribution in [0.3, 0.4) is 0 Å². The van der Waals surface area contributed by atoms with Crippen LogP contribution in [0.15, 0.2) is 0 Å². The molecule has 0 aromatic rings. The first-order chi connectivity index (χ1) is 6.29. The van der Waals surface area contributed by atoms with Crippen molar-refractivity contribution in [1.29, 1.82) is 0 Å². The molecule has 0 spiro atoms. The number of nitrogens with zero attached hydrogens (tertiary/aromatic N) is 1. The van der Waals surface area contributed by atoms with Crippen LogP contribution in [-0.2, 0) is 9.53 Å². The van der Waals surface area contributed by atoms with E-state index >= 15 is 0 Å². The minimum absolute atomic E-state index is 0.182. The minimum Gasteiger partial charge on any atom is -0.383 e. The Morgan fingerprint density at radius 2 is 2.46 bits per heavy atom. The van der Waals surface area contributed by atoms with Crippen LogP contribution in [0, 0.1) is 0 Å². The zero-order valence-electron chi connectivity index (χ0n) is 8.38. The Bertz CT molecular complexity index is 173. The molecular weight excluding hydrogens is 168 g/mol. The smallest absolute Gasteiger partial charge is 0.236 e. The van der Waals surface area contributed by atoms with Crippen LogP contribution >= 0.6 is 0 Å². The SMILES string of the molecule is CNCC(=O)N1CCC[C@H]1COC. The number of ether oxygens (including phenoxy) is 1. The average molecular weight is 186 g/mol. The van der Waals surface area contributed by atoms with Gasteiger partial charge in [0.05, 0.1) is 19.2 Å². The fourth-order valence-corrected chi connectivity index (χ4v) is 1.78. The van der Waals surface area contributed by atoms with E-state index in [-0.39, 0.29) is 5.91 Å². The number of hydrogen-bond donors (Lipinski definition) is 1. The largest absolute Gasteiger partial charge is 0.383 e. The maximum Gasteiger partial charge on any atom is 0.236 e. The Balaban J connectivity index is 2.42. The van der Waals surface area contributed by atoms with Crippen molar-refractivity contribution in [3.8, 4) is 0 Å². The van der Waals surface area contributed by atoms with Gasteiger partial charge in [-0.1, -0.05) is 0 Å². The summed E-state index contributed by atoms with van der Waals surface area (Å²) < 4.78 is 5.07. The molecule has 0 aromatic carbocycles. The van der Waals surface area contributed by atoms with Gasteiger partial charge >= 0.3 is 0 Å². The molecule has 0 saturated carbocycles. The van der Waals surface area contributed by atoms with Gasteiger partial charge in [-0.2, -0.15) is 0 Å². The molecule has 76 valence electrons. The van der Waals surface area contributed by atoms with E-state index in [1.54, 1.807) is 14.2 Å². The highest BCUT2D eigenvalue weighted by Crippen LogP contribution is 2.16. The van der Waals surface area contributed by atoms with Gasteiger partial charge in [0.1, 0.15) is 0 Å². The van der Waals surface area contributed by atoms with E-state index in [2.05, 4.69) is 5.32 Å². The lowest BCUT2D eigenvalue weighted by Gasteiger charge is -2.23. The summed E-state index contributed by atoms with van der Waals surface area (Å²) in [7, 11) is 3.47. The van der Waals surface area contributed by atoms with Gasteiger partial charge in [-0.25, -0.2) is 0 Å². The van der Waals surface area contributed by atoms with Crippen molar-refractivity contribution >= 4 is 5.91 Å². The molecule has 1 N–H and O–H groups in total. The second-order valence-electron chi connectivity index (χ2n) is 3.37. The van der Waals surface area contributed by atoms with Crippen molar-refractivity contribution in [2.75, 3.05) is 33.9 Å². The summed E-state index contributed by atoms with van der Waals surface area (Å²) in [5, 5.41) is 2.87. The number of hydrogen-bond acceptors (Lipinski definition) is 3. The molecule has 0 aliphatic carbocycles. The highest BCUT2D eigenvalue weighted by atomic mass is 16.5. The zero-order valence-corrected chi connectivity index (χ0v) is 8.38. The van der Waals surface area contributed by atoms with Gasteiger partial charge in [0.15, 0.2) is 0 Å². The first kappa shape index (κ1) is 10.5. The fraction of sp³-hybridized carbons (Fsp3) is 0.889. The third kappa shape index (κ3) is 2.67. The van der Waals surface area contributed by atoms with E-state index in [9.17, 15) is 4.79 Å². The lowest BCUT2D eigenvalue weighted by atomic mass is 10.2. The van der Waals surface area contributed by atoms with E-state index in [1.807, 2.05) is 4.90 Å². The quantitative estimate of drug-likeness (QED) is 0.663. The van der Waals surface area contributed by atoms with Gasteiger partial charge in [-0.3, -0.25) is 4.79 Å². The van der Waals surface area contributed by atoms with Crippen LogP contribution in [0.5, 0.6) is 0 Å². The molecule has 1 aliphatic heterocycles. The molecule has 1 fully saturated rings. The van der Waals surface area contributed by atoms with Crippen LogP contribution in [0.25, 0.3) is 0 Å². The summed E-state index contributed by atoms with van der Waals surface area (Å²) in [4.78, 5) is 13.5. The van der Waals surface area contributed by atoms with Gasteiger partial charge in [-0.05, 0) is 19.9 Å². The van der Waals surface area contributed by atoms with Crippen LogP contribution in [0.2, 0.25) is 0 Å². The lowest BCUT2D eigenvalue weighted by Crippen LogP contribution is -2.42. The molecule has 1 aliphatic rings. The molecule has 0 radical (unpaired) electrons. The molecule has 0 bridgehead atoms. The third-order valence-corrected chi connectivity index (χ3v) is 2.38. The predicted octanol–water partition coefficient (Wildman–Crippen LogP) is -0.157. The number of likely N-dealkylation sites (tertiary alicyclic amines) is 1. The van der Waals surface area contributed by atoms with Crippen LogP contribution in [0.1, 0.15) is 12.8 Å². The van der Waals surface area contributed by atoms with Crippen molar-refractivity contribution < 1.29 is 9.53 Å². The molecule has 4 nitrogen and oxygen atoms in total. The lowest BCUT2D eigenvalue weighted by molar-refractivity contribution is -0.131. The summed E-state index contributed by atoms with van der Waals surface area (Å²) in [5.41, 5.74) is 0. The Hall–Kier alpha value is -0.610. The van der Waals surface area contributed by atoms with Crippen LogP contribution < -0.4 is 5.32 Å². The summed E-state index contributed by atoms with van der Waals surface area (Å²) in [6, 6.07) is 0.297. The molecule has 1 saturated heterocycles. The summed E-state index contributed by atoms with van der Waals surface area (Å²) in [5.74, 6) is 0.182. The topological polar surface area (TPSA) is 41.6 Å². The number of methoxy groups -OCH3 is 1. The Kier molecular flexibility index (Phi) is 4.18. The Labute approximate surface area is 79.2 Å². The Morgan fingerprint density at radius 1 is 1.69 bits per heavy atom. The zero-order chi connectivity index (χ0) is 9.68. The van der Waals surface area contributed by atoms with Crippen molar-refractivity contribution in [3.05, 3.63) is 0 Å². The van der Waals surface area contributed by atoms with E-state index in [0.29, 0.717) is 19.2 Å². The first-order valence-corrected chi connectivity index (χ1v) is 4.72. The Morgan fingerprint density at radius 3 is 3.08 bits per heavy atom. The van der Waals surface area contributed by atoms with E-state index in [0.717, 1.165) is 19.4 Å². The van der Waals surface area contributed by atoms with Gasteiger partial charge in [-0.15, -0.1) is 0 Å². The van der Waals surface area contributed by atoms with E-state index < -0.39 is 0 Å². The second-order valence-corrected chi connectivity index (χ2v) is 3.37. The fourth-order valence-electron chi connectivity index (χ4n) is 1.78. The maximum atomic E-state index is 11.5. The molecule has 1 amide bonds. The van der Waals surface area contributed by atoms with E-state index in [1.165, 1.54) is 0 Å². The number of carbonyl (C=O) groups is 1. The highest BCUT2D eigenvalue weighted by molar-refractivity contribution is 5.78. The number of rotatable bonds is 4. The summed E-state index contributed by atoms with van der Waals surface area (Å²) in [6.45, 7) is 1.98. The molecule has 0 aromatic heterocycles. The van der Waals surface area contributed by atoms with Crippen molar-refractivity contribution in [1.82, 2.24) is 10.2 Å². The van der Waals surface area contributed by atoms with Crippen molar-refractivity contribution in [2.24, 2.45) is 0 Å². The van der Waals surface area contributed by atoms with Gasteiger partial charge in [0.2, 0.25) is 5.91 Å². The number of likely N-dealkylation sites (N-methyl/N-ethyl adjacent to an activating group) is 1. The second kappa shape index (κ2) is 5.19. The summed E-state index contributed by atoms with van der Waals surface area (Å²) >= 11 is 0. The molecule has 13 heavy (non-hydrogen) atoms. The summed E-state index contributed by atoms with van der Waals surface area (Å²) in [6.07, 6.45) is 2.17. The number of carbonyl (C=O) groups excluding carboxylic acids is 1. The number of amides is 1. The van der Waals surface area contributed by atoms with Crippen LogP contribution in [0.4, 0.5) is 0 Å². The standard InChI is InChI=1S/C9H18N2O2/c1-10-6-9(12)11-5-3-4-8(11)7-13-2/h8,10H,3-7H2,1-2H3/t8-/m0/s1. The van der Waals surface area contributed by atoms with Gasteiger partial charge < -0.3 is 15.0 Å². The molecule has 4 heteroatoms. The van der Waals surface area contributed by atoms with Gasteiger partial charge in [0.25, 0.3) is 0 Å². The molecule has 1 rings (SSSR count). The molecule has 1 atom stereocenters. The molecule has 0 unspecified atom stereocenters. The molecule has 1 heterocycles. The first-order valence-electron chi connectivity index (χ1n) is 4.72. The minimum atomic E-state index is 0.182. The monoisotopic (exact) mass is 186 g/mol. The van der Waals surface area contributed by atoms with Gasteiger partial charge in [0, 0.05) is 13.7 Å². The molecular formula is C9H18N2O2. The maximum absolute atomic E-state index is 11.5. The van der Waals surface area contributed by atoms with Crippen LogP contribution in [-0.4, -0.2) is 50.7 Å². The van der Waals surface area contributed by atoms with E-state index in [4.69, 9.17) is 4.74 Å². The predicted molar refractivity (Wildman–Crippen MR) is 50.5 cm³/mol.